The minimum atomic E-state index is -4.42. The van der Waals surface area contributed by atoms with Crippen LogP contribution in [0.15, 0.2) is 36.4 Å². The molecule has 0 bridgehead atoms. The molecule has 1 nitrogen and oxygen atoms in total. The van der Waals surface area contributed by atoms with Gasteiger partial charge in [0.2, 0.25) is 0 Å². The van der Waals surface area contributed by atoms with Gasteiger partial charge < -0.3 is 0 Å². The lowest BCUT2D eigenvalue weighted by atomic mass is 9.97. The van der Waals surface area contributed by atoms with Gasteiger partial charge in [-0.05, 0) is 43.2 Å². The zero-order valence-corrected chi connectivity index (χ0v) is 12.1. The maximum atomic E-state index is 12.5. The number of hydrogen-bond donors (Lipinski definition) is 0. The topological polar surface area (TPSA) is 17.1 Å². The fourth-order valence-corrected chi connectivity index (χ4v) is 2.57. The van der Waals surface area contributed by atoms with E-state index in [-0.39, 0.29) is 11.3 Å². The number of hydrogen-bond acceptors (Lipinski definition) is 1. The quantitative estimate of drug-likeness (QED) is 0.696. The van der Waals surface area contributed by atoms with Gasteiger partial charge in [-0.25, -0.2) is 0 Å². The molecule has 5 heteroatoms. The van der Waals surface area contributed by atoms with Gasteiger partial charge in [0.25, 0.3) is 0 Å². The third-order valence-electron chi connectivity index (χ3n) is 3.13. The van der Waals surface area contributed by atoms with E-state index in [4.69, 9.17) is 11.6 Å². The van der Waals surface area contributed by atoms with Crippen molar-refractivity contribution in [2.45, 2.75) is 20.0 Å². The highest BCUT2D eigenvalue weighted by molar-refractivity contribution is 6.35. The van der Waals surface area contributed by atoms with Crippen LogP contribution in [0, 0.1) is 13.8 Å². The number of benzene rings is 2. The molecule has 0 fully saturated rings. The zero-order valence-electron chi connectivity index (χ0n) is 11.4. The van der Waals surface area contributed by atoms with Gasteiger partial charge in [-0.3, -0.25) is 4.79 Å². The van der Waals surface area contributed by atoms with E-state index in [1.807, 2.05) is 13.0 Å². The van der Waals surface area contributed by atoms with Gasteiger partial charge in [0, 0.05) is 11.1 Å². The highest BCUT2D eigenvalue weighted by Crippen LogP contribution is 2.30. The normalized spacial score (nSPS) is 11.5. The van der Waals surface area contributed by atoms with Gasteiger partial charge in [-0.2, -0.15) is 13.2 Å². The average Bonchev–Trinajstić information content (AvgIpc) is 2.36. The van der Waals surface area contributed by atoms with E-state index in [1.165, 1.54) is 12.1 Å². The monoisotopic (exact) mass is 312 g/mol. The number of halogens is 4. The molecule has 0 aliphatic rings. The van der Waals surface area contributed by atoms with Crippen LogP contribution in [0.1, 0.15) is 32.6 Å². The Morgan fingerprint density at radius 2 is 1.62 bits per heavy atom. The number of carbonyl (C=O) groups excluding carboxylic acids is 1. The lowest BCUT2D eigenvalue weighted by molar-refractivity contribution is -0.137. The molecule has 0 saturated carbocycles. The second-order valence-electron chi connectivity index (χ2n) is 4.84. The van der Waals surface area contributed by atoms with Crippen molar-refractivity contribution in [1.82, 2.24) is 0 Å². The van der Waals surface area contributed by atoms with Crippen molar-refractivity contribution in [2.75, 3.05) is 0 Å². The molecule has 21 heavy (non-hydrogen) atoms. The van der Waals surface area contributed by atoms with Crippen LogP contribution >= 0.6 is 11.6 Å². The first-order valence-corrected chi connectivity index (χ1v) is 6.56. The fourth-order valence-electron chi connectivity index (χ4n) is 2.16. The van der Waals surface area contributed by atoms with Crippen LogP contribution in [-0.2, 0) is 6.18 Å². The first-order chi connectivity index (χ1) is 9.70. The summed E-state index contributed by atoms with van der Waals surface area (Å²) < 4.78 is 37.5. The molecular formula is C16H12ClF3O. The molecule has 0 aliphatic carbocycles. The molecule has 0 heterocycles. The Morgan fingerprint density at radius 1 is 1.05 bits per heavy atom. The Hall–Kier alpha value is -1.81. The lowest BCUT2D eigenvalue weighted by Gasteiger charge is -2.10. The Balaban J connectivity index is 2.42. The van der Waals surface area contributed by atoms with E-state index in [0.29, 0.717) is 16.1 Å². The molecule has 2 aromatic carbocycles. The van der Waals surface area contributed by atoms with E-state index >= 15 is 0 Å². The molecule has 0 spiro atoms. The first-order valence-electron chi connectivity index (χ1n) is 6.19. The molecule has 0 saturated heterocycles. The molecule has 0 aromatic heterocycles. The van der Waals surface area contributed by atoms with E-state index in [0.717, 1.165) is 17.7 Å². The first kappa shape index (κ1) is 15.6. The van der Waals surface area contributed by atoms with Crippen molar-refractivity contribution in [1.29, 1.82) is 0 Å². The van der Waals surface area contributed by atoms with Crippen LogP contribution in [-0.4, -0.2) is 5.78 Å². The molecule has 0 amide bonds. The molecule has 0 atom stereocenters. The van der Waals surface area contributed by atoms with Crippen LogP contribution in [0.2, 0.25) is 5.02 Å². The Bertz CT molecular complexity index is 665. The summed E-state index contributed by atoms with van der Waals surface area (Å²) in [5, 5.41) is 0.303. The fraction of sp³-hybridized carbons (Fsp3) is 0.188. The summed E-state index contributed by atoms with van der Waals surface area (Å²) in [7, 11) is 0. The van der Waals surface area contributed by atoms with Gasteiger partial charge in [0.15, 0.2) is 5.78 Å². The number of ketones is 1. The molecule has 2 rings (SSSR count). The minimum absolute atomic E-state index is 0.178. The Kier molecular flexibility index (Phi) is 4.10. The van der Waals surface area contributed by atoms with Crippen molar-refractivity contribution >= 4 is 17.4 Å². The zero-order chi connectivity index (χ0) is 15.8. The summed E-state index contributed by atoms with van der Waals surface area (Å²) in [5.74, 6) is -0.383. The van der Waals surface area contributed by atoms with Crippen molar-refractivity contribution in [2.24, 2.45) is 0 Å². The largest absolute Gasteiger partial charge is 0.416 e. The minimum Gasteiger partial charge on any atom is -0.289 e. The van der Waals surface area contributed by atoms with Crippen LogP contribution in [0.3, 0.4) is 0 Å². The van der Waals surface area contributed by atoms with Crippen LogP contribution in [0.5, 0.6) is 0 Å². The van der Waals surface area contributed by atoms with Gasteiger partial charge in [0.1, 0.15) is 0 Å². The number of carbonyl (C=O) groups is 1. The predicted molar refractivity (Wildman–Crippen MR) is 75.8 cm³/mol. The lowest BCUT2D eigenvalue weighted by Crippen LogP contribution is -2.08. The second kappa shape index (κ2) is 5.53. The molecule has 0 aliphatic heterocycles. The average molecular weight is 313 g/mol. The van der Waals surface area contributed by atoms with Crippen LogP contribution in [0.4, 0.5) is 13.2 Å². The number of rotatable bonds is 2. The third-order valence-corrected chi connectivity index (χ3v) is 3.43. The molecule has 0 unspecified atom stereocenters. The van der Waals surface area contributed by atoms with Crippen molar-refractivity contribution in [3.63, 3.8) is 0 Å². The van der Waals surface area contributed by atoms with Crippen molar-refractivity contribution < 1.29 is 18.0 Å². The van der Waals surface area contributed by atoms with Gasteiger partial charge in [-0.15, -0.1) is 0 Å². The molecule has 0 radical (unpaired) electrons. The molecule has 2 aromatic rings. The molecule has 110 valence electrons. The van der Waals surface area contributed by atoms with Crippen molar-refractivity contribution in [3.05, 3.63) is 69.2 Å². The Morgan fingerprint density at radius 3 is 2.10 bits per heavy atom. The summed E-state index contributed by atoms with van der Waals surface area (Å²) >= 11 is 6.08. The van der Waals surface area contributed by atoms with E-state index < -0.39 is 11.7 Å². The smallest absolute Gasteiger partial charge is 0.289 e. The van der Waals surface area contributed by atoms with Gasteiger partial charge in [-0.1, -0.05) is 29.8 Å². The number of alkyl halides is 3. The summed E-state index contributed by atoms with van der Waals surface area (Å²) in [6.07, 6.45) is -4.42. The molecule has 0 N–H and O–H groups in total. The van der Waals surface area contributed by atoms with E-state index in [1.54, 1.807) is 13.0 Å². The Labute approximate surface area is 125 Å². The van der Waals surface area contributed by atoms with E-state index in [2.05, 4.69) is 0 Å². The standard InChI is InChI=1S/C16H12ClF3O/c1-9-7-10(2)14(13(17)8-9)15(21)11-3-5-12(6-4-11)16(18,19)20/h3-8H,1-2H3. The van der Waals surface area contributed by atoms with E-state index in [9.17, 15) is 18.0 Å². The second-order valence-corrected chi connectivity index (χ2v) is 5.25. The van der Waals surface area contributed by atoms with Gasteiger partial charge >= 0.3 is 6.18 Å². The summed E-state index contributed by atoms with van der Waals surface area (Å²) in [5.41, 5.74) is 1.33. The SMILES string of the molecule is Cc1cc(C)c(C(=O)c2ccc(C(F)(F)F)cc2)c(Cl)c1. The summed E-state index contributed by atoms with van der Waals surface area (Å²) in [6.45, 7) is 3.60. The highest BCUT2D eigenvalue weighted by atomic mass is 35.5. The maximum absolute atomic E-state index is 12.5. The molecular weight excluding hydrogens is 301 g/mol. The predicted octanol–water partition coefficient (Wildman–Crippen LogP) is 5.21. The summed E-state index contributed by atoms with van der Waals surface area (Å²) in [6, 6.07) is 7.59. The van der Waals surface area contributed by atoms with Crippen molar-refractivity contribution in [3.8, 4) is 0 Å². The van der Waals surface area contributed by atoms with Crippen LogP contribution < -0.4 is 0 Å². The van der Waals surface area contributed by atoms with Gasteiger partial charge in [0.05, 0.1) is 10.6 Å². The summed E-state index contributed by atoms with van der Waals surface area (Å²) in [4.78, 5) is 12.4. The maximum Gasteiger partial charge on any atom is 0.416 e. The van der Waals surface area contributed by atoms with Crippen LogP contribution in [0.25, 0.3) is 0 Å². The highest BCUT2D eigenvalue weighted by Gasteiger charge is 2.30. The number of aryl methyl sites for hydroxylation is 2. The third kappa shape index (κ3) is 3.27.